The van der Waals surface area contributed by atoms with Crippen LogP contribution in [-0.4, -0.2) is 15.5 Å². The lowest BCUT2D eigenvalue weighted by Gasteiger charge is -2.32. The van der Waals surface area contributed by atoms with Crippen LogP contribution in [0.1, 0.15) is 40.0 Å². The van der Waals surface area contributed by atoms with Gasteiger partial charge in [-0.25, -0.2) is 8.42 Å². The van der Waals surface area contributed by atoms with Gasteiger partial charge in [0, 0.05) is 22.6 Å². The van der Waals surface area contributed by atoms with Crippen LogP contribution in [0, 0.1) is 13.8 Å². The molecule has 0 amide bonds. The van der Waals surface area contributed by atoms with E-state index in [4.69, 9.17) is 9.15 Å². The summed E-state index contributed by atoms with van der Waals surface area (Å²) in [6.45, 7) is 8.47. The van der Waals surface area contributed by atoms with E-state index in [0.717, 1.165) is 44.9 Å². The van der Waals surface area contributed by atoms with Gasteiger partial charge in [0.1, 0.15) is 17.3 Å². The van der Waals surface area contributed by atoms with Gasteiger partial charge >= 0.3 is 0 Å². The molecule has 206 valence electrons. The van der Waals surface area contributed by atoms with E-state index in [1.807, 2.05) is 111 Å². The van der Waals surface area contributed by atoms with Crippen molar-refractivity contribution in [3.8, 4) is 17.1 Å². The van der Waals surface area contributed by atoms with Gasteiger partial charge in [-0.15, -0.1) is 0 Å². The zero-order valence-corrected chi connectivity index (χ0v) is 24.1. The van der Waals surface area contributed by atoms with Crippen LogP contribution < -0.4 is 9.04 Å². The molecule has 0 bridgehead atoms. The van der Waals surface area contributed by atoms with Gasteiger partial charge < -0.3 is 9.15 Å². The zero-order chi connectivity index (χ0) is 28.7. The van der Waals surface area contributed by atoms with Crippen molar-refractivity contribution in [2.75, 3.05) is 11.4 Å². The maximum Gasteiger partial charge on any atom is 0.265 e. The number of hydrogen-bond donors (Lipinski definition) is 0. The largest absolute Gasteiger partial charge is 0.497 e. The molecule has 1 aromatic heterocycles. The van der Waals surface area contributed by atoms with E-state index in [2.05, 4.69) is 6.58 Å². The van der Waals surface area contributed by atoms with Crippen molar-refractivity contribution < 1.29 is 17.6 Å². The van der Waals surface area contributed by atoms with Gasteiger partial charge in [-0.2, -0.15) is 0 Å². The molecule has 2 atom stereocenters. The molecule has 5 aromatic rings. The molecule has 0 saturated carbocycles. The lowest BCUT2D eigenvalue weighted by atomic mass is 9.90. The first kappa shape index (κ1) is 26.7. The fourth-order valence-electron chi connectivity index (χ4n) is 5.81. The van der Waals surface area contributed by atoms with Crippen LogP contribution in [-0.2, 0) is 10.0 Å². The van der Waals surface area contributed by atoms with Crippen LogP contribution >= 0.6 is 0 Å². The number of fused-ring (bicyclic) bond motifs is 1. The highest BCUT2D eigenvalue weighted by Gasteiger charge is 2.48. The summed E-state index contributed by atoms with van der Waals surface area (Å²) in [6.07, 6.45) is 0. The lowest BCUT2D eigenvalue weighted by Crippen LogP contribution is -2.35. The molecular weight excluding hydrogens is 530 g/mol. The van der Waals surface area contributed by atoms with Gasteiger partial charge in [0.05, 0.1) is 23.7 Å². The van der Waals surface area contributed by atoms with Crippen molar-refractivity contribution in [2.45, 2.75) is 30.7 Å². The zero-order valence-electron chi connectivity index (χ0n) is 23.2. The SMILES string of the molecule is C=C1C(N(c2ccccc2)S(=O)(=O)c2ccc(C)cc2)c2c(-c3ccccc3)oc(C)c2[C@H]1c1ccc(OC)cc1. The standard InChI is InChI=1S/C35H31NO4S/c1-23-15-21-30(22-16-23)41(37,38)36(28-13-9-6-10-14-28)34-24(2)31(26-17-19-29(39-4)20-18-26)32-25(3)40-35(33(32)34)27-11-7-5-8-12-27/h5-22,31,34H,2H2,1,3-4H3/t31-,34?/m1/s1. The van der Waals surface area contributed by atoms with Gasteiger partial charge in [-0.3, -0.25) is 4.31 Å². The van der Waals surface area contributed by atoms with E-state index in [-0.39, 0.29) is 10.8 Å². The van der Waals surface area contributed by atoms with Crippen molar-refractivity contribution in [3.63, 3.8) is 0 Å². The molecular formula is C35H31NO4S. The summed E-state index contributed by atoms with van der Waals surface area (Å²) in [4.78, 5) is 0.218. The second kappa shape index (κ2) is 10.5. The number of benzene rings is 4. The van der Waals surface area contributed by atoms with Crippen molar-refractivity contribution in [2.24, 2.45) is 0 Å². The monoisotopic (exact) mass is 561 g/mol. The summed E-state index contributed by atoms with van der Waals surface area (Å²) < 4.78 is 42.6. The van der Waals surface area contributed by atoms with Gasteiger partial charge in [0.25, 0.3) is 10.0 Å². The molecule has 0 spiro atoms. The lowest BCUT2D eigenvalue weighted by molar-refractivity contribution is 0.414. The highest BCUT2D eigenvalue weighted by molar-refractivity contribution is 7.92. The third kappa shape index (κ3) is 4.54. The summed E-state index contributed by atoms with van der Waals surface area (Å²) in [5.74, 6) is 1.86. The van der Waals surface area contributed by atoms with E-state index < -0.39 is 16.1 Å². The summed E-state index contributed by atoms with van der Waals surface area (Å²) in [6, 6.07) is 33.2. The van der Waals surface area contributed by atoms with Crippen molar-refractivity contribution in [3.05, 3.63) is 149 Å². The number of ether oxygens (including phenoxy) is 1. The van der Waals surface area contributed by atoms with Crippen molar-refractivity contribution >= 4 is 15.7 Å². The Bertz CT molecular complexity index is 1810. The molecule has 6 rings (SSSR count). The van der Waals surface area contributed by atoms with Crippen LogP contribution in [0.25, 0.3) is 11.3 Å². The average molecular weight is 562 g/mol. The average Bonchev–Trinajstić information content (AvgIpc) is 3.48. The second-order valence-electron chi connectivity index (χ2n) is 10.3. The van der Waals surface area contributed by atoms with E-state index in [9.17, 15) is 8.42 Å². The Balaban J connectivity index is 1.63. The van der Waals surface area contributed by atoms with E-state index in [1.165, 1.54) is 4.31 Å². The minimum atomic E-state index is -4.03. The minimum Gasteiger partial charge on any atom is -0.497 e. The fraction of sp³-hybridized carbons (Fsp3) is 0.143. The third-order valence-corrected chi connectivity index (χ3v) is 9.57. The Hall–Kier alpha value is -4.55. The number of hydrogen-bond acceptors (Lipinski definition) is 4. The van der Waals surface area contributed by atoms with Crippen molar-refractivity contribution in [1.82, 2.24) is 0 Å². The van der Waals surface area contributed by atoms with Gasteiger partial charge in [-0.05, 0) is 61.4 Å². The molecule has 1 aliphatic rings. The molecule has 0 fully saturated rings. The first-order valence-electron chi connectivity index (χ1n) is 13.5. The molecule has 5 nitrogen and oxygen atoms in total. The third-order valence-electron chi connectivity index (χ3n) is 7.76. The molecule has 1 aliphatic carbocycles. The highest BCUT2D eigenvalue weighted by atomic mass is 32.2. The molecule has 1 unspecified atom stereocenters. The molecule has 0 radical (unpaired) electrons. The predicted molar refractivity (Wildman–Crippen MR) is 163 cm³/mol. The maximum atomic E-state index is 14.6. The predicted octanol–water partition coefficient (Wildman–Crippen LogP) is 8.21. The van der Waals surface area contributed by atoms with Crippen LogP contribution in [0.3, 0.4) is 0 Å². The topological polar surface area (TPSA) is 59.8 Å². The van der Waals surface area contributed by atoms with Crippen LogP contribution in [0.2, 0.25) is 0 Å². The molecule has 4 aromatic carbocycles. The highest BCUT2D eigenvalue weighted by Crippen LogP contribution is 2.57. The molecule has 0 aliphatic heterocycles. The quantitative estimate of drug-likeness (QED) is 0.188. The smallest absolute Gasteiger partial charge is 0.265 e. The Kier molecular flexibility index (Phi) is 6.80. The van der Waals surface area contributed by atoms with E-state index in [1.54, 1.807) is 19.2 Å². The molecule has 41 heavy (non-hydrogen) atoms. The van der Waals surface area contributed by atoms with E-state index in [0.29, 0.717) is 11.4 Å². The number of sulfonamides is 1. The van der Waals surface area contributed by atoms with E-state index >= 15 is 0 Å². The Morgan fingerprint density at radius 2 is 1.39 bits per heavy atom. The Labute approximate surface area is 241 Å². The number of para-hydroxylation sites is 1. The minimum absolute atomic E-state index is 0.218. The maximum absolute atomic E-state index is 14.6. The molecule has 0 saturated heterocycles. The molecule has 6 heteroatoms. The number of anilines is 1. The number of rotatable bonds is 7. The second-order valence-corrected chi connectivity index (χ2v) is 12.1. The summed E-state index contributed by atoms with van der Waals surface area (Å²) in [5, 5.41) is 0. The van der Waals surface area contributed by atoms with Crippen LogP contribution in [0.15, 0.2) is 131 Å². The van der Waals surface area contributed by atoms with Crippen molar-refractivity contribution in [1.29, 1.82) is 0 Å². The molecule has 0 N–H and O–H groups in total. The van der Waals surface area contributed by atoms with Gasteiger partial charge in [0.15, 0.2) is 0 Å². The summed E-state index contributed by atoms with van der Waals surface area (Å²) in [5.41, 5.74) is 5.94. The van der Waals surface area contributed by atoms with Gasteiger partial charge in [-0.1, -0.05) is 84.9 Å². The summed E-state index contributed by atoms with van der Waals surface area (Å²) in [7, 11) is -2.39. The number of methoxy groups -OCH3 is 1. The first-order valence-corrected chi connectivity index (χ1v) is 14.9. The van der Waals surface area contributed by atoms with Crippen LogP contribution in [0.5, 0.6) is 5.75 Å². The van der Waals surface area contributed by atoms with Gasteiger partial charge in [0.2, 0.25) is 0 Å². The normalized spacial score (nSPS) is 16.4. The van der Waals surface area contributed by atoms with Crippen LogP contribution in [0.4, 0.5) is 5.69 Å². The first-order chi connectivity index (χ1) is 19.8. The number of nitrogens with zero attached hydrogens (tertiary/aromatic N) is 1. The fourth-order valence-corrected chi connectivity index (χ4v) is 7.43. The summed E-state index contributed by atoms with van der Waals surface area (Å²) >= 11 is 0. The Morgan fingerprint density at radius 1 is 0.780 bits per heavy atom. The Morgan fingerprint density at radius 3 is 2.00 bits per heavy atom. The molecule has 1 heterocycles. The number of furan rings is 1. The number of aryl methyl sites for hydroxylation is 2.